The monoisotopic (exact) mass is 225 g/mol. The fourth-order valence-corrected chi connectivity index (χ4v) is 2.22. The second-order valence-corrected chi connectivity index (χ2v) is 4.08. The lowest BCUT2D eigenvalue weighted by Gasteiger charge is -2.15. The Hall–Kier alpha value is -2.29. The molecule has 1 N–H and O–H groups in total. The highest BCUT2D eigenvalue weighted by Crippen LogP contribution is 2.35. The van der Waals surface area contributed by atoms with E-state index in [4.69, 9.17) is 5.11 Å². The van der Waals surface area contributed by atoms with Crippen LogP contribution in [0.25, 0.3) is 0 Å². The molecule has 0 saturated heterocycles. The summed E-state index contributed by atoms with van der Waals surface area (Å²) in [4.78, 5) is 13.0. The number of aliphatic carboxylic acids is 1. The van der Waals surface area contributed by atoms with Crippen molar-refractivity contribution in [2.45, 2.75) is 6.42 Å². The number of carboxylic acids is 1. The largest absolute Gasteiger partial charge is 0.478 e. The van der Waals surface area contributed by atoms with E-state index in [1.807, 2.05) is 29.3 Å². The van der Waals surface area contributed by atoms with Crippen LogP contribution in [-0.2, 0) is 11.2 Å². The minimum atomic E-state index is -0.889. The lowest BCUT2D eigenvalue weighted by atomic mass is 10.1. The zero-order valence-electron chi connectivity index (χ0n) is 9.13. The fraction of sp³-hybridized carbons (Fsp3) is 0.0714. The molecule has 2 heterocycles. The lowest BCUT2D eigenvalue weighted by Crippen LogP contribution is -2.10. The van der Waals surface area contributed by atoms with Gasteiger partial charge in [0.05, 0.1) is 5.57 Å². The van der Waals surface area contributed by atoms with Crippen molar-refractivity contribution in [2.24, 2.45) is 0 Å². The fourth-order valence-electron chi connectivity index (χ4n) is 2.22. The third-order valence-corrected chi connectivity index (χ3v) is 3.01. The maximum Gasteiger partial charge on any atom is 0.335 e. The molecule has 0 aromatic heterocycles. The number of benzene rings is 1. The number of anilines is 1. The van der Waals surface area contributed by atoms with Gasteiger partial charge in [0.15, 0.2) is 0 Å². The van der Waals surface area contributed by atoms with Gasteiger partial charge in [-0.1, -0.05) is 18.2 Å². The van der Waals surface area contributed by atoms with E-state index in [0.717, 1.165) is 17.8 Å². The van der Waals surface area contributed by atoms with Crippen LogP contribution >= 0.6 is 0 Å². The Morgan fingerprint density at radius 2 is 2.12 bits per heavy atom. The first-order chi connectivity index (χ1) is 8.25. The van der Waals surface area contributed by atoms with E-state index in [0.29, 0.717) is 5.57 Å². The van der Waals surface area contributed by atoms with Crippen molar-refractivity contribution in [3.05, 3.63) is 65.5 Å². The average Bonchev–Trinajstić information content (AvgIpc) is 2.53. The lowest BCUT2D eigenvalue weighted by molar-refractivity contribution is -0.132. The smallest absolute Gasteiger partial charge is 0.335 e. The van der Waals surface area contributed by atoms with Crippen LogP contribution < -0.4 is 4.90 Å². The van der Waals surface area contributed by atoms with Gasteiger partial charge in [-0.25, -0.2) is 4.79 Å². The Balaban J connectivity index is 2.08. The number of hydrogen-bond donors (Lipinski definition) is 1. The summed E-state index contributed by atoms with van der Waals surface area (Å²) in [5, 5.41) is 9.03. The van der Waals surface area contributed by atoms with Crippen molar-refractivity contribution in [1.82, 2.24) is 0 Å². The Morgan fingerprint density at radius 3 is 2.94 bits per heavy atom. The third kappa shape index (κ3) is 1.56. The van der Waals surface area contributed by atoms with Gasteiger partial charge in [-0.2, -0.15) is 0 Å². The van der Waals surface area contributed by atoms with Gasteiger partial charge in [-0.15, -0.1) is 0 Å². The zero-order chi connectivity index (χ0) is 11.8. The van der Waals surface area contributed by atoms with E-state index in [9.17, 15) is 4.79 Å². The molecule has 0 unspecified atom stereocenters. The van der Waals surface area contributed by atoms with Crippen molar-refractivity contribution in [3.63, 3.8) is 0 Å². The highest BCUT2D eigenvalue weighted by atomic mass is 16.4. The number of para-hydroxylation sites is 1. The van der Waals surface area contributed by atoms with Crippen molar-refractivity contribution >= 4 is 11.7 Å². The van der Waals surface area contributed by atoms with Gasteiger partial charge in [0.2, 0.25) is 0 Å². The van der Waals surface area contributed by atoms with Crippen LogP contribution in [0.1, 0.15) is 5.56 Å². The number of carboxylic acid groups (broad SMARTS) is 1. The van der Waals surface area contributed by atoms with Crippen molar-refractivity contribution in [2.75, 3.05) is 4.90 Å². The van der Waals surface area contributed by atoms with Crippen LogP contribution in [0.15, 0.2) is 60.0 Å². The maximum atomic E-state index is 11.0. The minimum absolute atomic E-state index is 0.326. The van der Waals surface area contributed by atoms with Crippen molar-refractivity contribution < 1.29 is 9.90 Å². The van der Waals surface area contributed by atoms with Gasteiger partial charge >= 0.3 is 5.97 Å². The van der Waals surface area contributed by atoms with Crippen molar-refractivity contribution in [1.29, 1.82) is 0 Å². The van der Waals surface area contributed by atoms with Crippen LogP contribution in [0.5, 0.6) is 0 Å². The highest BCUT2D eigenvalue weighted by Gasteiger charge is 2.23. The summed E-state index contributed by atoms with van der Waals surface area (Å²) in [5.41, 5.74) is 3.70. The molecule has 17 heavy (non-hydrogen) atoms. The summed E-state index contributed by atoms with van der Waals surface area (Å²) >= 11 is 0. The highest BCUT2D eigenvalue weighted by molar-refractivity contribution is 5.91. The summed E-state index contributed by atoms with van der Waals surface area (Å²) < 4.78 is 0. The van der Waals surface area contributed by atoms with Crippen LogP contribution in [0.2, 0.25) is 0 Å². The van der Waals surface area contributed by atoms with E-state index in [-0.39, 0.29) is 0 Å². The molecular formula is C14H11NO2. The van der Waals surface area contributed by atoms with Crippen molar-refractivity contribution in [3.8, 4) is 0 Å². The molecule has 0 saturated carbocycles. The Bertz CT molecular complexity index is 582. The first-order valence-corrected chi connectivity index (χ1v) is 5.45. The Morgan fingerprint density at radius 1 is 1.29 bits per heavy atom. The van der Waals surface area contributed by atoms with Crippen LogP contribution in [0.3, 0.4) is 0 Å². The zero-order valence-corrected chi connectivity index (χ0v) is 9.13. The van der Waals surface area contributed by atoms with E-state index < -0.39 is 5.97 Å². The molecule has 0 radical (unpaired) electrons. The number of fused-ring (bicyclic) bond motifs is 3. The quantitative estimate of drug-likeness (QED) is 0.798. The normalized spacial score (nSPS) is 16.8. The van der Waals surface area contributed by atoms with E-state index in [2.05, 4.69) is 6.07 Å². The molecular weight excluding hydrogens is 214 g/mol. The number of hydrogen-bond acceptors (Lipinski definition) is 2. The van der Waals surface area contributed by atoms with Crippen LogP contribution in [0.4, 0.5) is 5.69 Å². The molecule has 2 aliphatic heterocycles. The predicted molar refractivity (Wildman–Crippen MR) is 65.6 cm³/mol. The second-order valence-electron chi connectivity index (χ2n) is 4.08. The van der Waals surface area contributed by atoms with Gasteiger partial charge < -0.3 is 10.0 Å². The standard InChI is InChI=1S/C14H11NO2/c16-14(17)11-5-3-7-15-12(9-11)8-10-4-1-2-6-13(10)15/h1-7,9H,8H2,(H,16,17). The molecule has 84 valence electrons. The number of carbonyl (C=O) groups is 1. The van der Waals surface area contributed by atoms with Gasteiger partial charge in [0.1, 0.15) is 0 Å². The molecule has 1 aromatic rings. The summed E-state index contributed by atoms with van der Waals surface area (Å²) in [6.45, 7) is 0. The molecule has 2 aliphatic rings. The molecule has 3 rings (SSSR count). The molecule has 0 amide bonds. The average molecular weight is 225 g/mol. The molecule has 0 spiro atoms. The van der Waals surface area contributed by atoms with Crippen LogP contribution in [0, 0.1) is 0 Å². The summed E-state index contributed by atoms with van der Waals surface area (Å²) in [5.74, 6) is -0.889. The first kappa shape index (κ1) is 9.90. The molecule has 0 aliphatic carbocycles. The van der Waals surface area contributed by atoms with Crippen LogP contribution in [-0.4, -0.2) is 11.1 Å². The number of allylic oxidation sites excluding steroid dienone is 3. The topological polar surface area (TPSA) is 40.5 Å². The minimum Gasteiger partial charge on any atom is -0.478 e. The molecule has 0 atom stereocenters. The van der Waals surface area contributed by atoms with Gasteiger partial charge in [0.25, 0.3) is 0 Å². The van der Waals surface area contributed by atoms with E-state index >= 15 is 0 Å². The summed E-state index contributed by atoms with van der Waals surface area (Å²) in [6.07, 6.45) is 7.83. The molecule has 1 aromatic carbocycles. The molecule has 3 nitrogen and oxygen atoms in total. The van der Waals surface area contributed by atoms with Gasteiger partial charge in [0, 0.05) is 24.0 Å². The first-order valence-electron chi connectivity index (χ1n) is 5.45. The van der Waals surface area contributed by atoms with Gasteiger partial charge in [-0.3, -0.25) is 0 Å². The summed E-state index contributed by atoms with van der Waals surface area (Å²) in [7, 11) is 0. The van der Waals surface area contributed by atoms with E-state index in [1.165, 1.54) is 5.56 Å². The van der Waals surface area contributed by atoms with Gasteiger partial charge in [-0.05, 0) is 29.9 Å². The molecule has 0 bridgehead atoms. The second kappa shape index (κ2) is 3.63. The maximum absolute atomic E-state index is 11.0. The third-order valence-electron chi connectivity index (χ3n) is 3.01. The molecule has 3 heteroatoms. The Kier molecular flexibility index (Phi) is 2.11. The predicted octanol–water partition coefficient (Wildman–Crippen LogP) is 2.47. The van der Waals surface area contributed by atoms with E-state index in [1.54, 1.807) is 18.2 Å². The number of nitrogens with zero attached hydrogens (tertiary/aromatic N) is 1. The Labute approximate surface area is 99.0 Å². The number of rotatable bonds is 1. The SMILES string of the molecule is O=C(O)C1=CC=CN2C(=C1)Cc1ccccc12. The molecule has 0 fully saturated rings. The summed E-state index contributed by atoms with van der Waals surface area (Å²) in [6, 6.07) is 8.12.